The van der Waals surface area contributed by atoms with Gasteiger partial charge in [-0.15, -0.1) is 0 Å². The summed E-state index contributed by atoms with van der Waals surface area (Å²) in [6, 6.07) is 10.8. The molecule has 0 aliphatic heterocycles. The maximum Gasteiger partial charge on any atom is 0.325 e. The normalized spacial score (nSPS) is 12.7. The highest BCUT2D eigenvalue weighted by molar-refractivity contribution is 5.97. The SMILES string of the molecule is CCC(CC)[C@@H](Oc1ccccc1)[C@H](C)OC(=O)CNC(=O)c1nccc(OC)c1O. The molecule has 0 aliphatic carbocycles. The summed E-state index contributed by atoms with van der Waals surface area (Å²) in [7, 11) is 1.36. The van der Waals surface area contributed by atoms with E-state index in [9.17, 15) is 14.7 Å². The predicted molar refractivity (Wildman–Crippen MR) is 115 cm³/mol. The van der Waals surface area contributed by atoms with Crippen molar-refractivity contribution in [1.29, 1.82) is 0 Å². The molecule has 1 aromatic heterocycles. The van der Waals surface area contributed by atoms with Crippen molar-refractivity contribution in [2.75, 3.05) is 13.7 Å². The second kappa shape index (κ2) is 11.8. The van der Waals surface area contributed by atoms with Crippen LogP contribution in [-0.2, 0) is 9.53 Å². The quantitative estimate of drug-likeness (QED) is 0.527. The van der Waals surface area contributed by atoms with Crippen LogP contribution in [0.5, 0.6) is 17.2 Å². The largest absolute Gasteiger partial charge is 0.503 e. The first-order valence-electron chi connectivity index (χ1n) is 10.3. The Balaban J connectivity index is 1.99. The minimum atomic E-state index is -0.710. The van der Waals surface area contributed by atoms with E-state index in [4.69, 9.17) is 14.2 Å². The van der Waals surface area contributed by atoms with Crippen molar-refractivity contribution in [3.63, 3.8) is 0 Å². The number of carbonyl (C=O) groups is 2. The van der Waals surface area contributed by atoms with E-state index >= 15 is 0 Å². The van der Waals surface area contributed by atoms with Crippen molar-refractivity contribution in [2.45, 2.75) is 45.8 Å². The lowest BCUT2D eigenvalue weighted by atomic mass is 9.93. The molecule has 0 unspecified atom stereocenters. The third kappa shape index (κ3) is 6.60. The summed E-state index contributed by atoms with van der Waals surface area (Å²) in [5, 5.41) is 12.4. The lowest BCUT2D eigenvalue weighted by Crippen LogP contribution is -2.41. The van der Waals surface area contributed by atoms with Crippen molar-refractivity contribution in [3.8, 4) is 17.2 Å². The van der Waals surface area contributed by atoms with Crippen molar-refractivity contribution in [3.05, 3.63) is 48.3 Å². The van der Waals surface area contributed by atoms with Crippen molar-refractivity contribution in [2.24, 2.45) is 5.92 Å². The standard InChI is InChI=1S/C23H30N2O6/c1-5-16(6-2)22(31-17-10-8-7-9-11-17)15(3)30-19(26)14-25-23(28)20-21(27)18(29-4)12-13-24-20/h7-13,15-16,22,27H,5-6,14H2,1-4H3,(H,25,28)/t15-,22-/m0/s1. The average molecular weight is 431 g/mol. The Bertz CT molecular complexity index is 854. The highest BCUT2D eigenvalue weighted by Crippen LogP contribution is 2.27. The first-order chi connectivity index (χ1) is 14.9. The number of nitrogens with zero attached hydrogens (tertiary/aromatic N) is 1. The molecule has 1 aromatic carbocycles. The molecule has 168 valence electrons. The molecule has 2 atom stereocenters. The number of aromatic nitrogens is 1. The van der Waals surface area contributed by atoms with Crippen LogP contribution in [0.3, 0.4) is 0 Å². The summed E-state index contributed by atoms with van der Waals surface area (Å²) in [5.74, 6) is -0.712. The van der Waals surface area contributed by atoms with Crippen LogP contribution in [-0.4, -0.2) is 47.8 Å². The maximum atomic E-state index is 12.4. The van der Waals surface area contributed by atoms with E-state index in [-0.39, 0.29) is 30.0 Å². The van der Waals surface area contributed by atoms with E-state index in [0.29, 0.717) is 5.75 Å². The molecule has 2 aromatic rings. The molecule has 31 heavy (non-hydrogen) atoms. The Morgan fingerprint density at radius 1 is 1.13 bits per heavy atom. The minimum absolute atomic E-state index is 0.113. The van der Waals surface area contributed by atoms with E-state index < -0.39 is 23.7 Å². The fourth-order valence-electron chi connectivity index (χ4n) is 3.30. The van der Waals surface area contributed by atoms with E-state index in [0.717, 1.165) is 12.8 Å². The predicted octanol–water partition coefficient (Wildman–Crippen LogP) is 3.34. The molecule has 0 bridgehead atoms. The number of benzene rings is 1. The summed E-state index contributed by atoms with van der Waals surface area (Å²) in [6.07, 6.45) is 2.20. The molecule has 8 heteroatoms. The van der Waals surface area contributed by atoms with Gasteiger partial charge in [0.25, 0.3) is 5.91 Å². The van der Waals surface area contributed by atoms with Crippen LogP contribution in [0.1, 0.15) is 44.1 Å². The minimum Gasteiger partial charge on any atom is -0.503 e. The van der Waals surface area contributed by atoms with E-state index in [1.54, 1.807) is 6.92 Å². The summed E-state index contributed by atoms with van der Waals surface area (Å²) >= 11 is 0. The van der Waals surface area contributed by atoms with Crippen molar-refractivity contribution in [1.82, 2.24) is 10.3 Å². The molecule has 0 fully saturated rings. The van der Waals surface area contributed by atoms with Gasteiger partial charge in [-0.05, 0) is 37.8 Å². The van der Waals surface area contributed by atoms with Gasteiger partial charge in [0.05, 0.1) is 7.11 Å². The van der Waals surface area contributed by atoms with Gasteiger partial charge in [0.1, 0.15) is 24.5 Å². The molecule has 8 nitrogen and oxygen atoms in total. The van der Waals surface area contributed by atoms with Gasteiger partial charge in [0, 0.05) is 12.3 Å². The number of carbonyl (C=O) groups excluding carboxylic acids is 2. The Labute approximate surface area is 182 Å². The van der Waals surface area contributed by atoms with Crippen molar-refractivity contribution >= 4 is 11.9 Å². The Hall–Kier alpha value is -3.29. The number of esters is 1. The van der Waals surface area contributed by atoms with Crippen LogP contribution in [0, 0.1) is 5.92 Å². The second-order valence-electron chi connectivity index (χ2n) is 7.06. The number of hydrogen-bond donors (Lipinski definition) is 2. The Morgan fingerprint density at radius 3 is 2.42 bits per heavy atom. The van der Waals surface area contributed by atoms with Crippen LogP contribution in [0.25, 0.3) is 0 Å². The molecular formula is C23H30N2O6. The lowest BCUT2D eigenvalue weighted by molar-refractivity contribution is -0.153. The average Bonchev–Trinajstić information content (AvgIpc) is 2.78. The molecule has 0 spiro atoms. The number of hydrogen-bond acceptors (Lipinski definition) is 7. The van der Waals surface area contributed by atoms with Crippen LogP contribution in [0.15, 0.2) is 42.6 Å². The third-order valence-corrected chi connectivity index (χ3v) is 5.02. The van der Waals surface area contributed by atoms with Gasteiger partial charge in [-0.25, -0.2) is 4.98 Å². The number of rotatable bonds is 11. The van der Waals surface area contributed by atoms with E-state index in [2.05, 4.69) is 24.1 Å². The number of aromatic hydroxyl groups is 1. The highest BCUT2D eigenvalue weighted by atomic mass is 16.6. The molecule has 0 saturated heterocycles. The smallest absolute Gasteiger partial charge is 0.325 e. The fourth-order valence-corrected chi connectivity index (χ4v) is 3.30. The maximum absolute atomic E-state index is 12.4. The van der Waals surface area contributed by atoms with Gasteiger partial charge in [-0.3, -0.25) is 9.59 Å². The van der Waals surface area contributed by atoms with Gasteiger partial charge >= 0.3 is 5.97 Å². The third-order valence-electron chi connectivity index (χ3n) is 5.02. The number of ether oxygens (including phenoxy) is 3. The molecule has 0 aliphatic rings. The number of amides is 1. The summed E-state index contributed by atoms with van der Waals surface area (Å²) < 4.78 is 16.6. The molecule has 2 N–H and O–H groups in total. The van der Waals surface area contributed by atoms with Gasteiger partial charge < -0.3 is 24.6 Å². The Morgan fingerprint density at radius 2 is 1.81 bits per heavy atom. The van der Waals surface area contributed by atoms with Crippen LogP contribution >= 0.6 is 0 Å². The van der Waals surface area contributed by atoms with Gasteiger partial charge in [0.2, 0.25) is 0 Å². The Kier molecular flexibility index (Phi) is 9.12. The lowest BCUT2D eigenvalue weighted by Gasteiger charge is -2.31. The number of methoxy groups -OCH3 is 1. The van der Waals surface area contributed by atoms with Gasteiger partial charge in [-0.1, -0.05) is 32.0 Å². The van der Waals surface area contributed by atoms with Crippen molar-refractivity contribution < 1.29 is 28.9 Å². The fraction of sp³-hybridized carbons (Fsp3) is 0.435. The summed E-state index contributed by atoms with van der Waals surface area (Å²) in [6.45, 7) is 5.54. The molecule has 0 radical (unpaired) electrons. The summed E-state index contributed by atoms with van der Waals surface area (Å²) in [5.41, 5.74) is -0.234. The zero-order valence-electron chi connectivity index (χ0n) is 18.3. The first kappa shape index (κ1) is 24.0. The monoisotopic (exact) mass is 430 g/mol. The van der Waals surface area contributed by atoms with Gasteiger partial charge in [-0.2, -0.15) is 0 Å². The van der Waals surface area contributed by atoms with Crippen LogP contribution in [0.2, 0.25) is 0 Å². The molecule has 1 amide bonds. The molecule has 1 heterocycles. The molecular weight excluding hydrogens is 400 g/mol. The topological polar surface area (TPSA) is 107 Å². The number of pyridine rings is 1. The van der Waals surface area contributed by atoms with Crippen LogP contribution in [0.4, 0.5) is 0 Å². The first-order valence-corrected chi connectivity index (χ1v) is 10.3. The zero-order chi connectivity index (χ0) is 22.8. The number of nitrogens with one attached hydrogen (secondary N) is 1. The van der Waals surface area contributed by atoms with E-state index in [1.807, 2.05) is 30.3 Å². The highest BCUT2D eigenvalue weighted by Gasteiger charge is 2.29. The molecule has 2 rings (SSSR count). The van der Waals surface area contributed by atoms with E-state index in [1.165, 1.54) is 19.4 Å². The van der Waals surface area contributed by atoms with Gasteiger partial charge in [0.15, 0.2) is 17.2 Å². The second-order valence-corrected chi connectivity index (χ2v) is 7.06. The zero-order valence-corrected chi connectivity index (χ0v) is 18.3. The summed E-state index contributed by atoms with van der Waals surface area (Å²) in [4.78, 5) is 28.5. The number of para-hydroxylation sites is 1. The van der Waals surface area contributed by atoms with Crippen LogP contribution < -0.4 is 14.8 Å². The molecule has 0 saturated carbocycles.